The van der Waals surface area contributed by atoms with Gasteiger partial charge in [0.1, 0.15) is 24.4 Å². The molecule has 0 aromatic rings. The van der Waals surface area contributed by atoms with E-state index in [1.165, 1.54) is 0 Å². The number of hydrogen-bond acceptors (Lipinski definition) is 7. The van der Waals surface area contributed by atoms with Gasteiger partial charge in [0.05, 0.1) is 12.8 Å². The number of nitrogens with two attached hydrogens (primary N) is 1. The zero-order valence-corrected chi connectivity index (χ0v) is 8.26. The van der Waals surface area contributed by atoms with Crippen LogP contribution < -0.4 is 11.2 Å². The standard InChI is InChI=1S/C7H15N3O6/c8-7(16)10-9-1-3(12)5(14)6(15)4(13)2-11/h1,3-6,11-15H,2H2,(H3,8,10,16)/b9-1-/t3-,4-,5-,6-/m0/s1. The van der Waals surface area contributed by atoms with E-state index in [1.807, 2.05) is 0 Å². The third kappa shape index (κ3) is 5.00. The van der Waals surface area contributed by atoms with Gasteiger partial charge in [0.25, 0.3) is 0 Å². The van der Waals surface area contributed by atoms with Gasteiger partial charge in [-0.15, -0.1) is 0 Å². The Kier molecular flexibility index (Phi) is 6.53. The van der Waals surface area contributed by atoms with Crippen molar-refractivity contribution in [3.05, 3.63) is 0 Å². The van der Waals surface area contributed by atoms with E-state index in [4.69, 9.17) is 10.2 Å². The second-order valence-corrected chi connectivity index (χ2v) is 2.98. The Bertz CT molecular complexity index is 248. The van der Waals surface area contributed by atoms with Crippen LogP contribution in [0.1, 0.15) is 0 Å². The smallest absolute Gasteiger partial charge is 0.332 e. The third-order valence-corrected chi connectivity index (χ3v) is 1.68. The molecule has 0 saturated heterocycles. The number of carbonyl (C=O) groups excluding carboxylic acids is 1. The molecule has 0 radical (unpaired) electrons. The topological polar surface area (TPSA) is 169 Å². The largest absolute Gasteiger partial charge is 0.394 e. The van der Waals surface area contributed by atoms with Gasteiger partial charge in [-0.1, -0.05) is 0 Å². The van der Waals surface area contributed by atoms with E-state index in [2.05, 4.69) is 10.8 Å². The molecule has 0 aromatic carbocycles. The predicted octanol–water partition coefficient (Wildman–Crippen LogP) is -3.92. The van der Waals surface area contributed by atoms with Gasteiger partial charge in [-0.05, 0) is 0 Å². The van der Waals surface area contributed by atoms with Gasteiger partial charge >= 0.3 is 6.03 Å². The Labute approximate surface area is 90.8 Å². The summed E-state index contributed by atoms with van der Waals surface area (Å²) in [4.78, 5) is 10.2. The fourth-order valence-corrected chi connectivity index (χ4v) is 0.803. The first-order valence-electron chi connectivity index (χ1n) is 4.32. The highest BCUT2D eigenvalue weighted by Crippen LogP contribution is 2.03. The van der Waals surface area contributed by atoms with Gasteiger partial charge in [-0.25, -0.2) is 10.2 Å². The highest BCUT2D eigenvalue weighted by molar-refractivity contribution is 5.73. The van der Waals surface area contributed by atoms with Gasteiger partial charge in [0, 0.05) is 0 Å². The minimum absolute atomic E-state index is 0.711. The van der Waals surface area contributed by atoms with E-state index in [-0.39, 0.29) is 0 Å². The molecule has 8 N–H and O–H groups in total. The Morgan fingerprint density at radius 2 is 1.88 bits per heavy atom. The van der Waals surface area contributed by atoms with Crippen LogP contribution in [0, 0.1) is 0 Å². The van der Waals surface area contributed by atoms with Crippen LogP contribution in [-0.4, -0.2) is 68.8 Å². The van der Waals surface area contributed by atoms with E-state index in [0.717, 1.165) is 0 Å². The molecule has 0 bridgehead atoms. The third-order valence-electron chi connectivity index (χ3n) is 1.68. The molecule has 2 amide bonds. The number of carbonyl (C=O) groups is 1. The number of nitrogens with one attached hydrogen (secondary N) is 1. The van der Waals surface area contributed by atoms with Crippen LogP contribution in [0.3, 0.4) is 0 Å². The van der Waals surface area contributed by atoms with E-state index in [1.54, 1.807) is 5.43 Å². The number of aliphatic hydroxyl groups excluding tert-OH is 5. The number of rotatable bonds is 6. The molecular weight excluding hydrogens is 222 g/mol. The van der Waals surface area contributed by atoms with Crippen LogP contribution in [0.5, 0.6) is 0 Å². The van der Waals surface area contributed by atoms with Crippen molar-refractivity contribution < 1.29 is 30.3 Å². The molecule has 0 unspecified atom stereocenters. The number of primary amides is 1. The maximum atomic E-state index is 10.2. The van der Waals surface area contributed by atoms with Gasteiger partial charge < -0.3 is 31.3 Å². The summed E-state index contributed by atoms with van der Waals surface area (Å²) < 4.78 is 0. The number of nitrogens with zero attached hydrogens (tertiary/aromatic N) is 1. The molecule has 0 aromatic heterocycles. The quantitative estimate of drug-likeness (QED) is 0.184. The summed E-state index contributed by atoms with van der Waals surface area (Å²) in [5.74, 6) is 0. The lowest BCUT2D eigenvalue weighted by Gasteiger charge is -2.23. The van der Waals surface area contributed by atoms with E-state index >= 15 is 0 Å². The van der Waals surface area contributed by atoms with Crippen LogP contribution in [0.25, 0.3) is 0 Å². The van der Waals surface area contributed by atoms with E-state index < -0.39 is 37.1 Å². The first-order chi connectivity index (χ1) is 7.40. The highest BCUT2D eigenvalue weighted by atomic mass is 16.4. The monoisotopic (exact) mass is 237 g/mol. The first-order valence-corrected chi connectivity index (χ1v) is 4.32. The number of hydrazone groups is 1. The zero-order chi connectivity index (χ0) is 12.7. The van der Waals surface area contributed by atoms with Crippen LogP contribution in [0.2, 0.25) is 0 Å². The van der Waals surface area contributed by atoms with Crippen molar-refractivity contribution in [3.63, 3.8) is 0 Å². The Morgan fingerprint density at radius 3 is 2.31 bits per heavy atom. The lowest BCUT2D eigenvalue weighted by molar-refractivity contribution is -0.0999. The summed E-state index contributed by atoms with van der Waals surface area (Å²) in [5.41, 5.74) is 6.41. The zero-order valence-electron chi connectivity index (χ0n) is 8.26. The molecule has 0 aliphatic carbocycles. The van der Waals surface area contributed by atoms with Crippen LogP contribution in [-0.2, 0) is 0 Å². The summed E-state index contributed by atoms with van der Waals surface area (Å²) in [6.07, 6.45) is -6.03. The normalized spacial score (nSPS) is 19.1. The molecule has 9 heteroatoms. The highest BCUT2D eigenvalue weighted by Gasteiger charge is 2.29. The summed E-state index contributed by atoms with van der Waals surface area (Å²) in [6, 6.07) is -0.964. The van der Waals surface area contributed by atoms with Gasteiger partial charge in [-0.2, -0.15) is 5.10 Å². The van der Waals surface area contributed by atoms with Crippen molar-refractivity contribution in [1.29, 1.82) is 0 Å². The minimum atomic E-state index is -1.76. The van der Waals surface area contributed by atoms with Crippen LogP contribution in [0.15, 0.2) is 5.10 Å². The summed E-state index contributed by atoms with van der Waals surface area (Å²) in [7, 11) is 0. The Morgan fingerprint density at radius 1 is 1.31 bits per heavy atom. The van der Waals surface area contributed by atoms with Gasteiger partial charge in [0.15, 0.2) is 0 Å². The van der Waals surface area contributed by atoms with Crippen molar-refractivity contribution in [2.24, 2.45) is 10.8 Å². The molecular formula is C7H15N3O6. The summed E-state index contributed by atoms with van der Waals surface area (Å²) >= 11 is 0. The van der Waals surface area contributed by atoms with Crippen molar-refractivity contribution in [3.8, 4) is 0 Å². The van der Waals surface area contributed by atoms with Gasteiger partial charge in [-0.3, -0.25) is 0 Å². The molecule has 0 fully saturated rings. The summed E-state index contributed by atoms with van der Waals surface area (Å²) in [5, 5.41) is 48.2. The first kappa shape index (κ1) is 14.7. The molecule has 94 valence electrons. The molecule has 16 heavy (non-hydrogen) atoms. The average Bonchev–Trinajstić information content (AvgIpc) is 2.25. The summed E-state index contributed by atoms with van der Waals surface area (Å²) in [6.45, 7) is -0.776. The number of aliphatic hydroxyl groups is 5. The van der Waals surface area contributed by atoms with Gasteiger partial charge in [0.2, 0.25) is 0 Å². The number of amides is 2. The molecule has 9 nitrogen and oxygen atoms in total. The number of hydrogen-bond donors (Lipinski definition) is 7. The average molecular weight is 237 g/mol. The maximum Gasteiger partial charge on any atom is 0.332 e. The Hall–Kier alpha value is -1.26. The van der Waals surface area contributed by atoms with Crippen molar-refractivity contribution >= 4 is 12.2 Å². The molecule has 0 heterocycles. The second-order valence-electron chi connectivity index (χ2n) is 2.98. The molecule has 4 atom stereocenters. The fourth-order valence-electron chi connectivity index (χ4n) is 0.803. The molecule has 0 rings (SSSR count). The molecule has 0 saturated carbocycles. The Balaban J connectivity index is 4.21. The van der Waals surface area contributed by atoms with Crippen LogP contribution in [0.4, 0.5) is 4.79 Å². The van der Waals surface area contributed by atoms with Crippen molar-refractivity contribution in [2.75, 3.05) is 6.61 Å². The van der Waals surface area contributed by atoms with Crippen molar-refractivity contribution in [2.45, 2.75) is 24.4 Å². The van der Waals surface area contributed by atoms with E-state index in [0.29, 0.717) is 6.21 Å². The lowest BCUT2D eigenvalue weighted by atomic mass is 10.0. The SMILES string of the molecule is NC(=O)N/N=C\[C@H](O)[C@H](O)[C@@H](O)[C@@H](O)CO. The minimum Gasteiger partial charge on any atom is -0.394 e. The molecule has 0 aliphatic rings. The number of urea groups is 1. The second kappa shape index (κ2) is 7.09. The fraction of sp³-hybridized carbons (Fsp3) is 0.714. The maximum absolute atomic E-state index is 10.2. The van der Waals surface area contributed by atoms with Crippen molar-refractivity contribution in [1.82, 2.24) is 5.43 Å². The molecule has 0 aliphatic heterocycles. The van der Waals surface area contributed by atoms with Crippen LogP contribution >= 0.6 is 0 Å². The molecule has 0 spiro atoms. The lowest BCUT2D eigenvalue weighted by Crippen LogP contribution is -2.46. The predicted molar refractivity (Wildman–Crippen MR) is 52.3 cm³/mol. The van der Waals surface area contributed by atoms with E-state index in [9.17, 15) is 20.1 Å².